The molecule has 168 valence electrons. The zero-order valence-corrected chi connectivity index (χ0v) is 19.6. The topological polar surface area (TPSA) is 89.5 Å². The minimum Gasteiger partial charge on any atom is -0.458 e. The molecule has 8 heteroatoms. The first-order valence-corrected chi connectivity index (χ1v) is 12.1. The number of benzene rings is 2. The standard InChI is InChI=1S/C24H27N3O4S/c1-15-12-16(2)23(17(3)13-15)32(29,30)27-11-7-10-22(27)24(28)31-14-21-18(4)25-19-8-5-6-9-20(19)26-21/h5-6,8-9,12-13,22H,7,10-11,14H2,1-4H3. The van der Waals surface area contributed by atoms with E-state index in [9.17, 15) is 13.2 Å². The largest absolute Gasteiger partial charge is 0.458 e. The van der Waals surface area contributed by atoms with Gasteiger partial charge in [-0.1, -0.05) is 29.8 Å². The van der Waals surface area contributed by atoms with Gasteiger partial charge in [-0.3, -0.25) is 4.79 Å². The number of rotatable bonds is 5. The number of aryl methyl sites for hydroxylation is 4. The van der Waals surface area contributed by atoms with Crippen LogP contribution < -0.4 is 0 Å². The summed E-state index contributed by atoms with van der Waals surface area (Å²) in [4.78, 5) is 22.3. The van der Waals surface area contributed by atoms with Gasteiger partial charge >= 0.3 is 5.97 Å². The molecule has 1 fully saturated rings. The molecule has 3 aromatic rings. The lowest BCUT2D eigenvalue weighted by molar-refractivity contribution is -0.148. The van der Waals surface area contributed by atoms with Crippen molar-refractivity contribution in [3.8, 4) is 0 Å². The fourth-order valence-corrected chi connectivity index (χ4v) is 6.51. The summed E-state index contributed by atoms with van der Waals surface area (Å²) in [7, 11) is -3.83. The lowest BCUT2D eigenvalue weighted by Crippen LogP contribution is -2.41. The maximum Gasteiger partial charge on any atom is 0.324 e. The van der Waals surface area contributed by atoms with Crippen LogP contribution in [0.5, 0.6) is 0 Å². The van der Waals surface area contributed by atoms with Gasteiger partial charge < -0.3 is 4.74 Å². The van der Waals surface area contributed by atoms with Crippen LogP contribution in [0.3, 0.4) is 0 Å². The van der Waals surface area contributed by atoms with Crippen LogP contribution in [-0.2, 0) is 26.2 Å². The van der Waals surface area contributed by atoms with Crippen LogP contribution in [0.25, 0.3) is 11.0 Å². The van der Waals surface area contributed by atoms with Gasteiger partial charge in [0.05, 0.1) is 27.3 Å². The van der Waals surface area contributed by atoms with Crippen LogP contribution >= 0.6 is 0 Å². The Hall–Kier alpha value is -2.84. The number of para-hydroxylation sites is 2. The number of fused-ring (bicyclic) bond motifs is 1. The van der Waals surface area contributed by atoms with E-state index in [1.54, 1.807) is 13.8 Å². The Morgan fingerprint density at radius 2 is 1.69 bits per heavy atom. The van der Waals surface area contributed by atoms with E-state index in [1.807, 2.05) is 50.2 Å². The molecule has 4 rings (SSSR count). The molecule has 7 nitrogen and oxygen atoms in total. The van der Waals surface area contributed by atoms with Crippen molar-refractivity contribution in [2.24, 2.45) is 0 Å². The highest BCUT2D eigenvalue weighted by Gasteiger charge is 2.41. The maximum atomic E-state index is 13.5. The monoisotopic (exact) mass is 453 g/mol. The van der Waals surface area contributed by atoms with Crippen LogP contribution in [-0.4, -0.2) is 41.2 Å². The molecule has 32 heavy (non-hydrogen) atoms. The second-order valence-electron chi connectivity index (χ2n) is 8.35. The van der Waals surface area contributed by atoms with Gasteiger partial charge in [-0.15, -0.1) is 0 Å². The van der Waals surface area contributed by atoms with E-state index in [0.717, 1.165) is 16.6 Å². The summed E-state index contributed by atoms with van der Waals surface area (Å²) in [6, 6.07) is 10.4. The zero-order valence-electron chi connectivity index (χ0n) is 18.8. The highest BCUT2D eigenvalue weighted by molar-refractivity contribution is 7.89. The van der Waals surface area contributed by atoms with Gasteiger partial charge in [-0.05, 0) is 63.8 Å². The third-order valence-corrected chi connectivity index (χ3v) is 8.06. The van der Waals surface area contributed by atoms with Crippen LogP contribution in [0.4, 0.5) is 0 Å². The van der Waals surface area contributed by atoms with Gasteiger partial charge in [-0.2, -0.15) is 4.31 Å². The highest BCUT2D eigenvalue weighted by Crippen LogP contribution is 2.31. The lowest BCUT2D eigenvalue weighted by atomic mass is 10.1. The van der Waals surface area contributed by atoms with Crippen molar-refractivity contribution in [3.05, 3.63) is 64.5 Å². The Morgan fingerprint density at radius 3 is 2.34 bits per heavy atom. The predicted molar refractivity (Wildman–Crippen MR) is 122 cm³/mol. The fraction of sp³-hybridized carbons (Fsp3) is 0.375. The molecule has 1 atom stereocenters. The molecule has 1 aromatic heterocycles. The number of carbonyl (C=O) groups is 1. The van der Waals surface area contributed by atoms with Crippen molar-refractivity contribution in [3.63, 3.8) is 0 Å². The molecule has 0 bridgehead atoms. The van der Waals surface area contributed by atoms with E-state index in [2.05, 4.69) is 9.97 Å². The number of carbonyl (C=O) groups excluding carboxylic acids is 1. The molecule has 1 aliphatic rings. The smallest absolute Gasteiger partial charge is 0.324 e. The Bertz CT molecular complexity index is 1280. The van der Waals surface area contributed by atoms with E-state index in [4.69, 9.17) is 4.74 Å². The molecule has 0 radical (unpaired) electrons. The fourth-order valence-electron chi connectivity index (χ4n) is 4.45. The molecule has 0 saturated carbocycles. The third kappa shape index (κ3) is 4.12. The molecule has 0 N–H and O–H groups in total. The third-order valence-electron chi connectivity index (χ3n) is 5.84. The van der Waals surface area contributed by atoms with E-state index in [0.29, 0.717) is 41.9 Å². The quantitative estimate of drug-likeness (QED) is 0.547. The van der Waals surface area contributed by atoms with Gasteiger partial charge in [0.2, 0.25) is 10.0 Å². The second kappa shape index (κ2) is 8.60. The van der Waals surface area contributed by atoms with E-state index >= 15 is 0 Å². The normalized spacial score (nSPS) is 17.1. The molecule has 0 spiro atoms. The van der Waals surface area contributed by atoms with Crippen molar-refractivity contribution in [2.45, 2.75) is 58.1 Å². The average molecular weight is 454 g/mol. The summed E-state index contributed by atoms with van der Waals surface area (Å²) < 4.78 is 33.8. The first-order chi connectivity index (χ1) is 15.2. The zero-order chi connectivity index (χ0) is 23.0. The van der Waals surface area contributed by atoms with Crippen LogP contribution in [0.2, 0.25) is 0 Å². The van der Waals surface area contributed by atoms with Gasteiger partial charge in [-0.25, -0.2) is 18.4 Å². The summed E-state index contributed by atoms with van der Waals surface area (Å²) in [6.07, 6.45) is 1.04. The lowest BCUT2D eigenvalue weighted by Gasteiger charge is -2.24. The predicted octanol–water partition coefficient (Wildman–Crippen LogP) is 3.76. The van der Waals surface area contributed by atoms with Crippen LogP contribution in [0.15, 0.2) is 41.3 Å². The summed E-state index contributed by atoms with van der Waals surface area (Å²) in [6.45, 7) is 7.58. The SMILES string of the molecule is Cc1cc(C)c(S(=O)(=O)N2CCCC2C(=O)OCc2nc3ccccc3nc2C)c(C)c1. The van der Waals surface area contributed by atoms with E-state index in [-0.39, 0.29) is 11.5 Å². The summed E-state index contributed by atoms with van der Waals surface area (Å²) in [5.74, 6) is -0.553. The summed E-state index contributed by atoms with van der Waals surface area (Å²) >= 11 is 0. The Balaban J connectivity index is 1.55. The minimum absolute atomic E-state index is 0.0462. The summed E-state index contributed by atoms with van der Waals surface area (Å²) in [5.41, 5.74) is 5.11. The molecule has 1 unspecified atom stereocenters. The minimum atomic E-state index is -3.83. The molecular weight excluding hydrogens is 426 g/mol. The molecule has 0 amide bonds. The maximum absolute atomic E-state index is 13.5. The number of sulfonamides is 1. The number of aromatic nitrogens is 2. The first kappa shape index (κ1) is 22.4. The number of esters is 1. The van der Waals surface area contributed by atoms with Crippen molar-refractivity contribution >= 4 is 27.0 Å². The number of nitrogens with zero attached hydrogens (tertiary/aromatic N) is 3. The highest BCUT2D eigenvalue weighted by atomic mass is 32.2. The summed E-state index contributed by atoms with van der Waals surface area (Å²) in [5, 5.41) is 0. The van der Waals surface area contributed by atoms with Crippen LogP contribution in [0, 0.1) is 27.7 Å². The van der Waals surface area contributed by atoms with Gasteiger partial charge in [0, 0.05) is 6.54 Å². The van der Waals surface area contributed by atoms with Gasteiger partial charge in [0.15, 0.2) is 0 Å². The molecule has 0 aliphatic carbocycles. The van der Waals surface area contributed by atoms with Crippen LogP contribution in [0.1, 0.15) is 40.9 Å². The van der Waals surface area contributed by atoms with Crippen molar-refractivity contribution in [2.75, 3.05) is 6.54 Å². The number of hydrogen-bond donors (Lipinski definition) is 0. The van der Waals surface area contributed by atoms with Gasteiger partial charge in [0.25, 0.3) is 0 Å². The molecule has 2 aromatic carbocycles. The first-order valence-electron chi connectivity index (χ1n) is 10.7. The van der Waals surface area contributed by atoms with Crippen molar-refractivity contribution < 1.29 is 17.9 Å². The Morgan fingerprint density at radius 1 is 1.06 bits per heavy atom. The number of hydrogen-bond acceptors (Lipinski definition) is 6. The Kier molecular flexibility index (Phi) is 6.01. The van der Waals surface area contributed by atoms with E-state index < -0.39 is 22.0 Å². The molecular formula is C24H27N3O4S. The van der Waals surface area contributed by atoms with Gasteiger partial charge in [0.1, 0.15) is 12.6 Å². The second-order valence-corrected chi connectivity index (χ2v) is 10.2. The Labute approximate surface area is 188 Å². The van der Waals surface area contributed by atoms with Crippen molar-refractivity contribution in [1.82, 2.24) is 14.3 Å². The molecule has 1 saturated heterocycles. The molecule has 1 aliphatic heterocycles. The number of ether oxygens (including phenoxy) is 1. The van der Waals surface area contributed by atoms with E-state index in [1.165, 1.54) is 4.31 Å². The molecule has 2 heterocycles. The average Bonchev–Trinajstić information content (AvgIpc) is 3.22. The van der Waals surface area contributed by atoms with Crippen molar-refractivity contribution in [1.29, 1.82) is 0 Å².